The third-order valence-corrected chi connectivity index (χ3v) is 2.85. The fourth-order valence-corrected chi connectivity index (χ4v) is 2.08. The van der Waals surface area contributed by atoms with E-state index in [0.29, 0.717) is 4.70 Å². The number of fused-ring (bicyclic) bond motifs is 1. The van der Waals surface area contributed by atoms with Crippen molar-refractivity contribution in [2.75, 3.05) is 0 Å². The zero-order valence-electron chi connectivity index (χ0n) is 8.25. The maximum atomic E-state index is 13.1. The Morgan fingerprint density at radius 1 is 1.36 bits per heavy atom. The molecule has 0 atom stereocenters. The molecule has 0 radical (unpaired) electrons. The number of hydrogen-bond donors (Lipinski definition) is 1. The van der Waals surface area contributed by atoms with Crippen molar-refractivity contribution in [2.24, 2.45) is 0 Å². The van der Waals surface area contributed by atoms with Gasteiger partial charge >= 0.3 is 0 Å². The van der Waals surface area contributed by atoms with Gasteiger partial charge in [-0.25, -0.2) is 4.39 Å². The number of benzene rings is 1. The second-order valence-electron chi connectivity index (χ2n) is 2.53. The number of aliphatic hydroxyl groups is 1. The van der Waals surface area contributed by atoms with Crippen LogP contribution in [-0.4, -0.2) is 5.11 Å². The number of halogens is 1. The fraction of sp³-hybridized carbons (Fsp3) is 0.273. The minimum Gasteiger partial charge on any atom is -0.391 e. The first-order valence-corrected chi connectivity index (χ1v) is 5.40. The molecule has 1 heterocycles. The molecule has 2 rings (SSSR count). The SMILES string of the molecule is CC.OCc1cc2cccc(F)c2s1. The van der Waals surface area contributed by atoms with E-state index < -0.39 is 0 Å². The summed E-state index contributed by atoms with van der Waals surface area (Å²) in [6, 6.07) is 6.75. The molecule has 76 valence electrons. The Morgan fingerprint density at radius 2 is 2.07 bits per heavy atom. The highest BCUT2D eigenvalue weighted by Crippen LogP contribution is 2.27. The maximum Gasteiger partial charge on any atom is 0.140 e. The van der Waals surface area contributed by atoms with Crippen molar-refractivity contribution in [1.82, 2.24) is 0 Å². The standard InChI is InChI=1S/C9H7FOS.C2H6/c10-8-3-1-2-6-4-7(5-11)12-9(6)8;1-2/h1-4,11H,5H2;1-2H3. The van der Waals surface area contributed by atoms with Crippen molar-refractivity contribution in [2.45, 2.75) is 20.5 Å². The van der Waals surface area contributed by atoms with Gasteiger partial charge in [0, 0.05) is 4.88 Å². The summed E-state index contributed by atoms with van der Waals surface area (Å²) >= 11 is 1.30. The van der Waals surface area contributed by atoms with E-state index in [-0.39, 0.29) is 12.4 Å². The molecule has 0 aliphatic carbocycles. The van der Waals surface area contributed by atoms with Crippen LogP contribution in [-0.2, 0) is 6.61 Å². The minimum absolute atomic E-state index is 0.0151. The lowest BCUT2D eigenvalue weighted by Crippen LogP contribution is -1.70. The molecule has 1 aromatic carbocycles. The van der Waals surface area contributed by atoms with Crippen molar-refractivity contribution in [1.29, 1.82) is 0 Å². The molecule has 1 nitrogen and oxygen atoms in total. The molecule has 1 aromatic heterocycles. The van der Waals surface area contributed by atoms with Gasteiger partial charge in [-0.05, 0) is 17.5 Å². The Morgan fingerprint density at radius 3 is 2.64 bits per heavy atom. The molecule has 3 heteroatoms. The average Bonchev–Trinajstić information content (AvgIpc) is 2.65. The number of rotatable bonds is 1. The first kappa shape index (κ1) is 11.1. The molecular formula is C11H13FOS. The Bertz CT molecular complexity index is 409. The average molecular weight is 212 g/mol. The normalized spacial score (nSPS) is 9.71. The predicted octanol–water partition coefficient (Wildman–Crippen LogP) is 3.56. The molecule has 0 aliphatic heterocycles. The van der Waals surface area contributed by atoms with E-state index in [2.05, 4.69) is 0 Å². The molecule has 0 amide bonds. The number of thiophene rings is 1. The van der Waals surface area contributed by atoms with E-state index in [1.54, 1.807) is 6.07 Å². The third-order valence-electron chi connectivity index (χ3n) is 1.70. The van der Waals surface area contributed by atoms with Crippen LogP contribution in [0.3, 0.4) is 0 Å². The summed E-state index contributed by atoms with van der Waals surface area (Å²) in [5.74, 6) is -0.211. The van der Waals surface area contributed by atoms with Crippen LogP contribution in [0, 0.1) is 5.82 Å². The molecule has 0 spiro atoms. The van der Waals surface area contributed by atoms with Gasteiger partial charge < -0.3 is 5.11 Å². The summed E-state index contributed by atoms with van der Waals surface area (Å²) in [5, 5.41) is 9.68. The van der Waals surface area contributed by atoms with E-state index >= 15 is 0 Å². The van der Waals surface area contributed by atoms with Crippen LogP contribution in [0.4, 0.5) is 4.39 Å². The van der Waals surface area contributed by atoms with E-state index in [0.717, 1.165) is 10.3 Å². The Hall–Kier alpha value is -0.930. The minimum atomic E-state index is -0.211. The Kier molecular flexibility index (Phi) is 4.04. The van der Waals surface area contributed by atoms with Crippen LogP contribution in [0.5, 0.6) is 0 Å². The molecular weight excluding hydrogens is 199 g/mol. The van der Waals surface area contributed by atoms with Crippen molar-refractivity contribution in [3.05, 3.63) is 35.0 Å². The lowest BCUT2D eigenvalue weighted by Gasteiger charge is -1.88. The highest BCUT2D eigenvalue weighted by atomic mass is 32.1. The molecule has 0 saturated carbocycles. The van der Waals surface area contributed by atoms with Gasteiger partial charge in [0.15, 0.2) is 0 Å². The fourth-order valence-electron chi connectivity index (χ4n) is 1.16. The van der Waals surface area contributed by atoms with Crippen molar-refractivity contribution in [3.8, 4) is 0 Å². The molecule has 0 fully saturated rings. The van der Waals surface area contributed by atoms with Crippen molar-refractivity contribution >= 4 is 21.4 Å². The van der Waals surface area contributed by atoms with Gasteiger partial charge in [-0.2, -0.15) is 0 Å². The molecule has 1 N–H and O–H groups in total. The quantitative estimate of drug-likeness (QED) is 0.766. The highest BCUT2D eigenvalue weighted by molar-refractivity contribution is 7.19. The topological polar surface area (TPSA) is 20.2 Å². The van der Waals surface area contributed by atoms with Crippen LogP contribution in [0.15, 0.2) is 24.3 Å². The maximum absolute atomic E-state index is 13.1. The molecule has 0 bridgehead atoms. The summed E-state index contributed by atoms with van der Waals surface area (Å²) in [6.45, 7) is 3.98. The van der Waals surface area contributed by atoms with Gasteiger partial charge in [0.05, 0.1) is 11.3 Å². The van der Waals surface area contributed by atoms with E-state index in [4.69, 9.17) is 5.11 Å². The zero-order chi connectivity index (χ0) is 10.6. The molecule has 0 saturated heterocycles. The third kappa shape index (κ3) is 2.11. The summed E-state index contributed by atoms with van der Waals surface area (Å²) in [6.07, 6.45) is 0. The largest absolute Gasteiger partial charge is 0.391 e. The van der Waals surface area contributed by atoms with Crippen LogP contribution in [0.25, 0.3) is 10.1 Å². The van der Waals surface area contributed by atoms with Crippen LogP contribution >= 0.6 is 11.3 Å². The van der Waals surface area contributed by atoms with Crippen molar-refractivity contribution in [3.63, 3.8) is 0 Å². The smallest absolute Gasteiger partial charge is 0.140 e. The summed E-state index contributed by atoms with van der Waals surface area (Å²) in [5.41, 5.74) is 0. The van der Waals surface area contributed by atoms with Crippen LogP contribution in [0.2, 0.25) is 0 Å². The molecule has 2 aromatic rings. The van der Waals surface area contributed by atoms with E-state index in [9.17, 15) is 4.39 Å². The highest BCUT2D eigenvalue weighted by Gasteiger charge is 2.04. The summed E-state index contributed by atoms with van der Waals surface area (Å²) in [7, 11) is 0. The second kappa shape index (κ2) is 5.08. The zero-order valence-corrected chi connectivity index (χ0v) is 9.07. The van der Waals surface area contributed by atoms with Crippen LogP contribution < -0.4 is 0 Å². The van der Waals surface area contributed by atoms with E-state index in [1.165, 1.54) is 17.4 Å². The van der Waals surface area contributed by atoms with E-state index in [1.807, 2.05) is 26.0 Å². The Balaban J connectivity index is 0.000000461. The predicted molar refractivity (Wildman–Crippen MR) is 59.1 cm³/mol. The van der Waals surface area contributed by atoms with Gasteiger partial charge in [-0.1, -0.05) is 26.0 Å². The second-order valence-corrected chi connectivity index (χ2v) is 3.67. The molecule has 14 heavy (non-hydrogen) atoms. The molecule has 0 unspecified atom stereocenters. The van der Waals surface area contributed by atoms with Gasteiger partial charge in [0.1, 0.15) is 5.82 Å². The number of aliphatic hydroxyl groups excluding tert-OH is 1. The lowest BCUT2D eigenvalue weighted by atomic mass is 10.2. The van der Waals surface area contributed by atoms with Gasteiger partial charge in [0.2, 0.25) is 0 Å². The van der Waals surface area contributed by atoms with Gasteiger partial charge in [-0.3, -0.25) is 0 Å². The van der Waals surface area contributed by atoms with Crippen molar-refractivity contribution < 1.29 is 9.50 Å². The van der Waals surface area contributed by atoms with Gasteiger partial charge in [-0.15, -0.1) is 11.3 Å². The monoisotopic (exact) mass is 212 g/mol. The van der Waals surface area contributed by atoms with Gasteiger partial charge in [0.25, 0.3) is 0 Å². The van der Waals surface area contributed by atoms with Crippen LogP contribution in [0.1, 0.15) is 18.7 Å². The summed E-state index contributed by atoms with van der Waals surface area (Å²) < 4.78 is 13.7. The Labute approximate surface area is 86.8 Å². The summed E-state index contributed by atoms with van der Waals surface area (Å²) in [4.78, 5) is 0.801. The lowest BCUT2D eigenvalue weighted by molar-refractivity contribution is 0.285. The first-order valence-electron chi connectivity index (χ1n) is 4.59. The first-order chi connectivity index (χ1) is 6.81. The number of hydrogen-bond acceptors (Lipinski definition) is 2. The molecule has 0 aliphatic rings.